The number of aromatic nitrogens is 2. The summed E-state index contributed by atoms with van der Waals surface area (Å²) in [5.41, 5.74) is 6.28. The number of amides is 1. The lowest BCUT2D eigenvalue weighted by Gasteiger charge is -2.10. The molecule has 3 rings (SSSR count). The Morgan fingerprint density at radius 1 is 1.19 bits per heavy atom. The van der Waals surface area contributed by atoms with Crippen LogP contribution < -0.4 is 5.73 Å². The second-order valence-corrected chi connectivity index (χ2v) is 6.17. The minimum atomic E-state index is -0.553. The molecule has 0 aliphatic heterocycles. The van der Waals surface area contributed by atoms with Crippen LogP contribution in [0.4, 0.5) is 0 Å². The second-order valence-electron chi connectivity index (χ2n) is 4.16. The first-order chi connectivity index (χ1) is 10.2. The summed E-state index contributed by atoms with van der Waals surface area (Å²) >= 11 is 2.67. The Balaban J connectivity index is 1.82. The van der Waals surface area contributed by atoms with Crippen molar-refractivity contribution >= 4 is 29.0 Å². The van der Waals surface area contributed by atoms with E-state index >= 15 is 0 Å². The smallest absolute Gasteiger partial charge is 0.278 e. The van der Waals surface area contributed by atoms with E-state index in [-0.39, 0.29) is 0 Å². The molecule has 3 aromatic rings. The van der Waals surface area contributed by atoms with E-state index in [2.05, 4.69) is 10.2 Å². The minimum absolute atomic E-state index is 0.325. The average Bonchev–Trinajstić information content (AvgIpc) is 3.16. The highest BCUT2D eigenvalue weighted by molar-refractivity contribution is 8.00. The normalized spacial score (nSPS) is 12.2. The Morgan fingerprint density at radius 2 is 2.00 bits per heavy atom. The molecule has 0 fully saturated rings. The molecule has 2 heterocycles. The van der Waals surface area contributed by atoms with Gasteiger partial charge >= 0.3 is 0 Å². The maximum absolute atomic E-state index is 11.7. The lowest BCUT2D eigenvalue weighted by atomic mass is 10.1. The number of carbonyl (C=O) groups excluding carboxylic acids is 1. The van der Waals surface area contributed by atoms with Gasteiger partial charge in [0.05, 0.1) is 4.88 Å². The van der Waals surface area contributed by atoms with Gasteiger partial charge in [0.25, 0.3) is 11.1 Å². The summed E-state index contributed by atoms with van der Waals surface area (Å²) in [5, 5.41) is 9.66. The molecule has 1 aromatic carbocycles. The molecule has 21 heavy (non-hydrogen) atoms. The summed E-state index contributed by atoms with van der Waals surface area (Å²) in [6, 6.07) is 13.1. The van der Waals surface area contributed by atoms with Crippen molar-refractivity contribution in [1.82, 2.24) is 10.2 Å². The second kappa shape index (κ2) is 6.11. The van der Waals surface area contributed by atoms with Crippen molar-refractivity contribution in [3.8, 4) is 10.8 Å². The fourth-order valence-electron chi connectivity index (χ4n) is 1.78. The van der Waals surface area contributed by atoms with E-state index in [0.717, 1.165) is 22.2 Å². The molecule has 0 spiro atoms. The molecule has 0 saturated carbocycles. The molecule has 0 saturated heterocycles. The number of primary amides is 1. The molecule has 0 aliphatic carbocycles. The third kappa shape index (κ3) is 3.14. The Hall–Kier alpha value is -2.12. The van der Waals surface area contributed by atoms with Gasteiger partial charge in [-0.3, -0.25) is 4.79 Å². The Labute approximate surface area is 129 Å². The van der Waals surface area contributed by atoms with E-state index in [4.69, 9.17) is 10.2 Å². The number of benzene rings is 1. The molecule has 5 nitrogen and oxygen atoms in total. The van der Waals surface area contributed by atoms with E-state index in [0.29, 0.717) is 11.1 Å². The van der Waals surface area contributed by atoms with Crippen LogP contribution in [0.2, 0.25) is 0 Å². The first-order valence-electron chi connectivity index (χ1n) is 6.12. The van der Waals surface area contributed by atoms with Crippen molar-refractivity contribution in [3.05, 3.63) is 53.4 Å². The summed E-state index contributed by atoms with van der Waals surface area (Å²) in [4.78, 5) is 12.5. The van der Waals surface area contributed by atoms with Gasteiger partial charge in [0.1, 0.15) is 5.25 Å². The standard InChI is InChI=1S/C14H11N3O2S2/c15-12(18)11(9-5-2-1-3-6-9)21-14-17-16-13(19-14)10-7-4-8-20-10/h1-8,11H,(H2,15,18). The van der Waals surface area contributed by atoms with Crippen molar-refractivity contribution < 1.29 is 9.21 Å². The molecule has 106 valence electrons. The minimum Gasteiger partial charge on any atom is -0.410 e. The maximum atomic E-state index is 11.7. The van der Waals surface area contributed by atoms with E-state index in [9.17, 15) is 4.79 Å². The van der Waals surface area contributed by atoms with Crippen molar-refractivity contribution in [3.63, 3.8) is 0 Å². The van der Waals surface area contributed by atoms with Gasteiger partial charge in [-0.25, -0.2) is 0 Å². The number of nitrogens with two attached hydrogens (primary N) is 1. The van der Waals surface area contributed by atoms with Crippen LogP contribution in [0.25, 0.3) is 10.8 Å². The average molecular weight is 317 g/mol. The third-order valence-corrected chi connectivity index (χ3v) is 4.68. The zero-order chi connectivity index (χ0) is 14.7. The monoisotopic (exact) mass is 317 g/mol. The molecule has 2 N–H and O–H groups in total. The van der Waals surface area contributed by atoms with Crippen LogP contribution in [-0.2, 0) is 4.79 Å². The number of thioether (sulfide) groups is 1. The van der Waals surface area contributed by atoms with E-state index in [1.165, 1.54) is 11.3 Å². The summed E-state index contributed by atoms with van der Waals surface area (Å²) in [7, 11) is 0. The topological polar surface area (TPSA) is 82.0 Å². The number of hydrogen-bond acceptors (Lipinski definition) is 6. The Morgan fingerprint density at radius 3 is 2.67 bits per heavy atom. The third-order valence-electron chi connectivity index (χ3n) is 2.72. The zero-order valence-electron chi connectivity index (χ0n) is 10.8. The van der Waals surface area contributed by atoms with Crippen molar-refractivity contribution in [2.75, 3.05) is 0 Å². The Kier molecular flexibility index (Phi) is 4.03. The van der Waals surface area contributed by atoms with Crippen molar-refractivity contribution in [2.45, 2.75) is 10.5 Å². The molecular weight excluding hydrogens is 306 g/mol. The number of nitrogens with zero attached hydrogens (tertiary/aromatic N) is 2. The van der Waals surface area contributed by atoms with Crippen LogP contribution in [0.1, 0.15) is 10.8 Å². The molecule has 1 atom stereocenters. The lowest BCUT2D eigenvalue weighted by Crippen LogP contribution is -2.18. The summed E-state index contributed by atoms with van der Waals surface area (Å²) in [6.07, 6.45) is 0. The van der Waals surface area contributed by atoms with Crippen LogP contribution in [0, 0.1) is 0 Å². The van der Waals surface area contributed by atoms with E-state index < -0.39 is 11.2 Å². The van der Waals surface area contributed by atoms with Gasteiger partial charge in [-0.05, 0) is 28.8 Å². The fourth-order valence-corrected chi connectivity index (χ4v) is 3.25. The quantitative estimate of drug-likeness (QED) is 0.731. The number of carbonyl (C=O) groups is 1. The highest BCUT2D eigenvalue weighted by atomic mass is 32.2. The molecule has 2 aromatic heterocycles. The number of thiophene rings is 1. The van der Waals surface area contributed by atoms with Gasteiger partial charge in [-0.1, -0.05) is 36.4 Å². The zero-order valence-corrected chi connectivity index (χ0v) is 12.4. The van der Waals surface area contributed by atoms with E-state index in [1.807, 2.05) is 47.8 Å². The van der Waals surface area contributed by atoms with Gasteiger partial charge in [0, 0.05) is 0 Å². The molecule has 1 unspecified atom stereocenters. The van der Waals surface area contributed by atoms with E-state index in [1.54, 1.807) is 0 Å². The van der Waals surface area contributed by atoms with Crippen LogP contribution in [0.5, 0.6) is 0 Å². The molecule has 7 heteroatoms. The predicted molar refractivity (Wildman–Crippen MR) is 81.8 cm³/mol. The maximum Gasteiger partial charge on any atom is 0.278 e. The van der Waals surface area contributed by atoms with Crippen molar-refractivity contribution in [2.24, 2.45) is 5.73 Å². The SMILES string of the molecule is NC(=O)C(Sc1nnc(-c2cccs2)o1)c1ccccc1. The van der Waals surface area contributed by atoms with Crippen LogP contribution in [0.15, 0.2) is 57.5 Å². The number of hydrogen-bond donors (Lipinski definition) is 1. The van der Waals surface area contributed by atoms with Gasteiger partial charge in [-0.2, -0.15) is 0 Å². The van der Waals surface area contributed by atoms with Crippen LogP contribution in [-0.4, -0.2) is 16.1 Å². The van der Waals surface area contributed by atoms with Crippen LogP contribution in [0.3, 0.4) is 0 Å². The van der Waals surface area contributed by atoms with Crippen molar-refractivity contribution in [1.29, 1.82) is 0 Å². The van der Waals surface area contributed by atoms with Gasteiger partial charge < -0.3 is 10.2 Å². The van der Waals surface area contributed by atoms with Gasteiger partial charge in [0.2, 0.25) is 5.91 Å². The summed E-state index contributed by atoms with van der Waals surface area (Å²) in [6.45, 7) is 0. The first kappa shape index (κ1) is 13.8. The fraction of sp³-hybridized carbons (Fsp3) is 0.0714. The largest absolute Gasteiger partial charge is 0.410 e. The highest BCUT2D eigenvalue weighted by Crippen LogP contribution is 2.35. The lowest BCUT2D eigenvalue weighted by molar-refractivity contribution is -0.117. The Bertz CT molecular complexity index is 726. The predicted octanol–water partition coefficient (Wildman–Crippen LogP) is 3.12. The van der Waals surface area contributed by atoms with Crippen LogP contribution >= 0.6 is 23.1 Å². The molecule has 0 aliphatic rings. The van der Waals surface area contributed by atoms with Gasteiger partial charge in [-0.15, -0.1) is 21.5 Å². The highest BCUT2D eigenvalue weighted by Gasteiger charge is 2.22. The molecule has 1 amide bonds. The molecule has 0 radical (unpaired) electrons. The first-order valence-corrected chi connectivity index (χ1v) is 7.88. The summed E-state index contributed by atoms with van der Waals surface area (Å²) in [5.74, 6) is 0.00542. The molecule has 0 bridgehead atoms. The summed E-state index contributed by atoms with van der Waals surface area (Å²) < 4.78 is 5.57. The number of rotatable bonds is 5. The molecular formula is C14H11N3O2S2. The van der Waals surface area contributed by atoms with Gasteiger partial charge in [0.15, 0.2) is 0 Å².